The summed E-state index contributed by atoms with van der Waals surface area (Å²) in [6, 6.07) is 10.5. The molecule has 0 aliphatic heterocycles. The number of rotatable bonds is 2. The van der Waals surface area contributed by atoms with Crippen LogP contribution in [-0.4, -0.2) is 17.7 Å². The molecule has 1 saturated carbocycles. The van der Waals surface area contributed by atoms with Gasteiger partial charge >= 0.3 is 6.09 Å². The number of benzene rings is 1. The Bertz CT molecular complexity index is 394. The van der Waals surface area contributed by atoms with Gasteiger partial charge in [0, 0.05) is 12.0 Å². The summed E-state index contributed by atoms with van der Waals surface area (Å²) in [6.45, 7) is 5.61. The second kappa shape index (κ2) is 4.40. The van der Waals surface area contributed by atoms with Crippen molar-refractivity contribution in [3.63, 3.8) is 0 Å². The zero-order chi connectivity index (χ0) is 12.5. The third-order valence-electron chi connectivity index (χ3n) is 2.72. The minimum absolute atomic E-state index is 0.229. The monoisotopic (exact) mass is 233 g/mol. The molecule has 1 aliphatic carbocycles. The van der Waals surface area contributed by atoms with Crippen LogP contribution in [0.25, 0.3) is 0 Å². The van der Waals surface area contributed by atoms with E-state index in [9.17, 15) is 4.79 Å². The van der Waals surface area contributed by atoms with Crippen LogP contribution in [0.15, 0.2) is 30.3 Å². The maximum absolute atomic E-state index is 11.6. The van der Waals surface area contributed by atoms with Crippen LogP contribution >= 0.6 is 0 Å². The summed E-state index contributed by atoms with van der Waals surface area (Å²) in [5.74, 6) is 0.448. The van der Waals surface area contributed by atoms with Crippen LogP contribution in [-0.2, 0) is 4.74 Å². The van der Waals surface area contributed by atoms with Gasteiger partial charge in [-0.1, -0.05) is 30.3 Å². The summed E-state index contributed by atoms with van der Waals surface area (Å²) in [5.41, 5.74) is 0.856. The standard InChI is InChI=1S/C14H19NO2/c1-14(2,3)17-13(16)15-12-9-11(12)10-7-5-4-6-8-10/h4-8,11-12H,9H2,1-3H3,(H,15,16)/t11-,12?/m0/s1. The third kappa shape index (κ3) is 3.48. The first-order valence-electron chi connectivity index (χ1n) is 6.00. The number of ether oxygens (including phenoxy) is 1. The van der Waals surface area contributed by atoms with E-state index in [0.717, 1.165) is 6.42 Å². The quantitative estimate of drug-likeness (QED) is 0.852. The molecule has 0 aromatic heterocycles. The number of carbonyl (C=O) groups excluding carboxylic acids is 1. The van der Waals surface area contributed by atoms with Crippen molar-refractivity contribution in [2.45, 2.75) is 44.8 Å². The van der Waals surface area contributed by atoms with Gasteiger partial charge in [0.2, 0.25) is 0 Å². The van der Waals surface area contributed by atoms with Crippen LogP contribution < -0.4 is 5.32 Å². The number of amides is 1. The molecule has 1 aromatic carbocycles. The highest BCUT2D eigenvalue weighted by molar-refractivity contribution is 5.69. The highest BCUT2D eigenvalue weighted by Crippen LogP contribution is 2.40. The minimum atomic E-state index is -0.429. The van der Waals surface area contributed by atoms with Crippen LogP contribution in [0, 0.1) is 0 Å². The Morgan fingerprint density at radius 1 is 1.29 bits per heavy atom. The Morgan fingerprint density at radius 3 is 2.53 bits per heavy atom. The van der Waals surface area contributed by atoms with Crippen molar-refractivity contribution in [2.24, 2.45) is 0 Å². The van der Waals surface area contributed by atoms with Gasteiger partial charge in [0.05, 0.1) is 0 Å². The lowest BCUT2D eigenvalue weighted by Crippen LogP contribution is -2.34. The molecule has 0 saturated heterocycles. The van der Waals surface area contributed by atoms with Gasteiger partial charge < -0.3 is 10.1 Å². The molecule has 1 fully saturated rings. The number of carbonyl (C=O) groups is 1. The number of alkyl carbamates (subject to hydrolysis) is 1. The van der Waals surface area contributed by atoms with Crippen LogP contribution in [0.2, 0.25) is 0 Å². The predicted octanol–water partition coefficient (Wildman–Crippen LogP) is 3.07. The maximum atomic E-state index is 11.6. The van der Waals surface area contributed by atoms with Crippen molar-refractivity contribution >= 4 is 6.09 Å². The summed E-state index contributed by atoms with van der Waals surface area (Å²) in [7, 11) is 0. The normalized spacial score (nSPS) is 23.0. The Labute approximate surface area is 102 Å². The first-order chi connectivity index (χ1) is 7.96. The molecule has 0 radical (unpaired) electrons. The molecule has 1 amide bonds. The van der Waals surface area contributed by atoms with E-state index in [-0.39, 0.29) is 12.1 Å². The van der Waals surface area contributed by atoms with E-state index in [0.29, 0.717) is 5.92 Å². The van der Waals surface area contributed by atoms with Crippen molar-refractivity contribution in [2.75, 3.05) is 0 Å². The second-order valence-corrected chi connectivity index (χ2v) is 5.51. The highest BCUT2D eigenvalue weighted by atomic mass is 16.6. The van der Waals surface area contributed by atoms with Gasteiger partial charge in [0.15, 0.2) is 0 Å². The first-order valence-corrected chi connectivity index (χ1v) is 6.00. The minimum Gasteiger partial charge on any atom is -0.444 e. The van der Waals surface area contributed by atoms with Gasteiger partial charge in [0.1, 0.15) is 5.60 Å². The predicted molar refractivity (Wildman–Crippen MR) is 67.0 cm³/mol. The number of hydrogen-bond donors (Lipinski definition) is 1. The van der Waals surface area contributed by atoms with Crippen LogP contribution in [0.1, 0.15) is 38.7 Å². The number of nitrogens with one attached hydrogen (secondary N) is 1. The molecule has 1 unspecified atom stereocenters. The fraction of sp³-hybridized carbons (Fsp3) is 0.500. The van der Waals surface area contributed by atoms with E-state index in [1.807, 2.05) is 39.0 Å². The van der Waals surface area contributed by atoms with Crippen molar-refractivity contribution in [1.29, 1.82) is 0 Å². The lowest BCUT2D eigenvalue weighted by molar-refractivity contribution is 0.0523. The summed E-state index contributed by atoms with van der Waals surface area (Å²) >= 11 is 0. The lowest BCUT2D eigenvalue weighted by atomic mass is 10.1. The Balaban J connectivity index is 1.83. The summed E-state index contributed by atoms with van der Waals surface area (Å²) in [4.78, 5) is 11.6. The van der Waals surface area contributed by atoms with Crippen molar-refractivity contribution in [3.05, 3.63) is 35.9 Å². The Kier molecular flexibility index (Phi) is 3.09. The molecule has 0 bridgehead atoms. The average molecular weight is 233 g/mol. The van der Waals surface area contributed by atoms with Crippen molar-refractivity contribution < 1.29 is 9.53 Å². The van der Waals surface area contributed by atoms with Gasteiger partial charge in [-0.05, 0) is 32.8 Å². The Morgan fingerprint density at radius 2 is 1.94 bits per heavy atom. The van der Waals surface area contributed by atoms with E-state index >= 15 is 0 Å². The molecule has 2 rings (SSSR count). The molecule has 17 heavy (non-hydrogen) atoms. The fourth-order valence-corrected chi connectivity index (χ4v) is 1.88. The Hall–Kier alpha value is -1.51. The molecule has 1 aliphatic rings. The molecule has 0 spiro atoms. The third-order valence-corrected chi connectivity index (χ3v) is 2.72. The van der Waals surface area contributed by atoms with Gasteiger partial charge in [-0.25, -0.2) is 4.79 Å². The molecule has 0 heterocycles. The zero-order valence-electron chi connectivity index (χ0n) is 10.6. The van der Waals surface area contributed by atoms with Gasteiger partial charge in [0.25, 0.3) is 0 Å². The summed E-state index contributed by atoms with van der Waals surface area (Å²) < 4.78 is 5.22. The molecule has 92 valence electrons. The lowest BCUT2D eigenvalue weighted by Gasteiger charge is -2.19. The van der Waals surface area contributed by atoms with E-state index < -0.39 is 5.60 Å². The SMILES string of the molecule is CC(C)(C)OC(=O)NC1C[C@H]1c1ccccc1. The molecular weight excluding hydrogens is 214 g/mol. The average Bonchev–Trinajstić information content (AvgIpc) is 2.95. The smallest absolute Gasteiger partial charge is 0.407 e. The second-order valence-electron chi connectivity index (χ2n) is 5.51. The summed E-state index contributed by atoms with van der Waals surface area (Å²) in [6.07, 6.45) is 0.685. The largest absolute Gasteiger partial charge is 0.444 e. The van der Waals surface area contributed by atoms with Crippen molar-refractivity contribution in [1.82, 2.24) is 5.32 Å². The van der Waals surface area contributed by atoms with Crippen LogP contribution in [0.3, 0.4) is 0 Å². The van der Waals surface area contributed by atoms with Gasteiger partial charge in [-0.2, -0.15) is 0 Å². The molecule has 3 heteroatoms. The first kappa shape index (κ1) is 12.0. The molecule has 1 N–H and O–H groups in total. The molecule has 3 nitrogen and oxygen atoms in total. The van der Waals surface area contributed by atoms with Crippen LogP contribution in [0.5, 0.6) is 0 Å². The molecule has 2 atom stereocenters. The van der Waals surface area contributed by atoms with E-state index in [1.54, 1.807) is 0 Å². The van der Waals surface area contributed by atoms with Gasteiger partial charge in [-0.3, -0.25) is 0 Å². The number of hydrogen-bond acceptors (Lipinski definition) is 2. The van der Waals surface area contributed by atoms with Crippen LogP contribution in [0.4, 0.5) is 4.79 Å². The maximum Gasteiger partial charge on any atom is 0.407 e. The summed E-state index contributed by atoms with van der Waals surface area (Å²) in [5, 5.41) is 2.90. The topological polar surface area (TPSA) is 38.3 Å². The van der Waals surface area contributed by atoms with E-state index in [2.05, 4.69) is 17.4 Å². The van der Waals surface area contributed by atoms with Gasteiger partial charge in [-0.15, -0.1) is 0 Å². The fourth-order valence-electron chi connectivity index (χ4n) is 1.88. The highest BCUT2D eigenvalue weighted by Gasteiger charge is 2.40. The van der Waals surface area contributed by atoms with Crippen molar-refractivity contribution in [3.8, 4) is 0 Å². The molecule has 1 aromatic rings. The molecular formula is C14H19NO2. The van der Waals surface area contributed by atoms with E-state index in [1.165, 1.54) is 5.56 Å². The zero-order valence-corrected chi connectivity index (χ0v) is 10.6. The van der Waals surface area contributed by atoms with E-state index in [4.69, 9.17) is 4.74 Å².